The maximum Gasteiger partial charge on any atom is 0.0165 e. The Morgan fingerprint density at radius 2 is 1.54 bits per heavy atom. The molecule has 0 nitrogen and oxygen atoms in total. The van der Waals surface area contributed by atoms with Crippen LogP contribution in [0.1, 0.15) is 42.0 Å². The van der Waals surface area contributed by atoms with Crippen LogP contribution in [-0.4, -0.2) is 0 Å². The average molecular weight is 288 g/mol. The van der Waals surface area contributed by atoms with Gasteiger partial charge in [0, 0.05) is 3.57 Å². The molecule has 1 heteroatoms. The Hall–Kier alpha value is -0.0500. The van der Waals surface area contributed by atoms with Gasteiger partial charge in [-0.25, -0.2) is 0 Å². The van der Waals surface area contributed by atoms with Gasteiger partial charge in [0.1, 0.15) is 0 Å². The van der Waals surface area contributed by atoms with Crippen LogP contribution in [0.3, 0.4) is 0 Å². The third kappa shape index (κ3) is 2.06. The van der Waals surface area contributed by atoms with E-state index in [9.17, 15) is 0 Å². The lowest BCUT2D eigenvalue weighted by molar-refractivity contribution is 0.850. The minimum atomic E-state index is 0.632. The first kappa shape index (κ1) is 11.0. The quantitative estimate of drug-likeness (QED) is 0.674. The molecule has 0 amide bonds. The fraction of sp³-hybridized carbons (Fsp3) is 0.500. The first-order valence-corrected chi connectivity index (χ1v) is 5.79. The highest BCUT2D eigenvalue weighted by atomic mass is 127. The van der Waals surface area contributed by atoms with E-state index in [1.807, 2.05) is 0 Å². The summed E-state index contributed by atoms with van der Waals surface area (Å²) in [6.07, 6.45) is 0. The maximum atomic E-state index is 2.43. The van der Waals surface area contributed by atoms with Gasteiger partial charge in [0.25, 0.3) is 0 Å². The van der Waals surface area contributed by atoms with Crippen LogP contribution in [0, 0.1) is 24.3 Å². The molecule has 0 radical (unpaired) electrons. The van der Waals surface area contributed by atoms with E-state index in [2.05, 4.69) is 63.3 Å². The van der Waals surface area contributed by atoms with Crippen molar-refractivity contribution in [2.75, 3.05) is 0 Å². The summed E-state index contributed by atoms with van der Waals surface area (Å²) in [5, 5.41) is 0. The van der Waals surface area contributed by atoms with Crippen LogP contribution in [0.4, 0.5) is 0 Å². The predicted molar refractivity (Wildman–Crippen MR) is 67.5 cm³/mol. The van der Waals surface area contributed by atoms with E-state index in [4.69, 9.17) is 0 Å². The fourth-order valence-electron chi connectivity index (χ4n) is 1.63. The standard InChI is InChI=1S/C12H17I/c1-7(2)11-6-12(13)10(5)8(3)9(11)4/h6-7H,1-5H3. The zero-order valence-electron chi connectivity index (χ0n) is 9.03. The minimum Gasteiger partial charge on any atom is -0.0587 e. The first-order chi connectivity index (χ1) is 5.95. The summed E-state index contributed by atoms with van der Waals surface area (Å²) in [7, 11) is 0. The molecule has 0 saturated heterocycles. The van der Waals surface area contributed by atoms with Crippen LogP contribution in [0.2, 0.25) is 0 Å². The second-order valence-electron chi connectivity index (χ2n) is 3.98. The summed E-state index contributed by atoms with van der Waals surface area (Å²) in [5.74, 6) is 0.632. The van der Waals surface area contributed by atoms with E-state index in [0.717, 1.165) is 0 Å². The number of hydrogen-bond donors (Lipinski definition) is 0. The van der Waals surface area contributed by atoms with Crippen LogP contribution in [0.15, 0.2) is 6.07 Å². The second-order valence-corrected chi connectivity index (χ2v) is 5.14. The van der Waals surface area contributed by atoms with Crippen molar-refractivity contribution in [1.82, 2.24) is 0 Å². The van der Waals surface area contributed by atoms with Gasteiger partial charge < -0.3 is 0 Å². The van der Waals surface area contributed by atoms with Gasteiger partial charge >= 0.3 is 0 Å². The molecule has 0 heterocycles. The Bertz CT molecular complexity index is 324. The Morgan fingerprint density at radius 3 is 2.00 bits per heavy atom. The fourth-order valence-corrected chi connectivity index (χ4v) is 2.37. The molecule has 1 rings (SSSR count). The van der Waals surface area contributed by atoms with Crippen molar-refractivity contribution in [2.24, 2.45) is 0 Å². The maximum absolute atomic E-state index is 2.43. The number of halogens is 1. The normalized spacial score (nSPS) is 11.0. The number of benzene rings is 1. The van der Waals surface area contributed by atoms with E-state index in [0.29, 0.717) is 5.92 Å². The van der Waals surface area contributed by atoms with Crippen LogP contribution in [0.5, 0.6) is 0 Å². The molecule has 0 atom stereocenters. The molecule has 72 valence electrons. The van der Waals surface area contributed by atoms with Gasteiger partial charge in [0.2, 0.25) is 0 Å². The molecule has 13 heavy (non-hydrogen) atoms. The Kier molecular flexibility index (Phi) is 3.38. The largest absolute Gasteiger partial charge is 0.0587 e. The Labute approximate surface area is 94.9 Å². The van der Waals surface area contributed by atoms with Crippen LogP contribution >= 0.6 is 22.6 Å². The van der Waals surface area contributed by atoms with E-state index in [1.165, 1.54) is 25.8 Å². The summed E-state index contributed by atoms with van der Waals surface area (Å²) in [5.41, 5.74) is 5.85. The third-order valence-electron chi connectivity index (χ3n) is 2.82. The molecule has 1 aromatic carbocycles. The van der Waals surface area contributed by atoms with Gasteiger partial charge in [-0.2, -0.15) is 0 Å². The molecule has 0 saturated carbocycles. The summed E-state index contributed by atoms with van der Waals surface area (Å²) in [6.45, 7) is 11.2. The monoisotopic (exact) mass is 288 g/mol. The molecule has 0 unspecified atom stereocenters. The van der Waals surface area contributed by atoms with Crippen molar-refractivity contribution in [3.63, 3.8) is 0 Å². The molecule has 0 aliphatic heterocycles. The van der Waals surface area contributed by atoms with Gasteiger partial charge in [-0.1, -0.05) is 13.8 Å². The van der Waals surface area contributed by atoms with Gasteiger partial charge in [-0.05, 0) is 77.6 Å². The summed E-state index contributed by atoms with van der Waals surface area (Å²) < 4.78 is 1.39. The van der Waals surface area contributed by atoms with Crippen molar-refractivity contribution in [1.29, 1.82) is 0 Å². The van der Waals surface area contributed by atoms with Crippen LogP contribution in [0.25, 0.3) is 0 Å². The molecule has 0 spiro atoms. The average Bonchev–Trinajstić information content (AvgIpc) is 2.07. The van der Waals surface area contributed by atoms with Crippen molar-refractivity contribution in [3.8, 4) is 0 Å². The zero-order valence-corrected chi connectivity index (χ0v) is 11.2. The predicted octanol–water partition coefficient (Wildman–Crippen LogP) is 4.34. The third-order valence-corrected chi connectivity index (χ3v) is 3.94. The van der Waals surface area contributed by atoms with Crippen molar-refractivity contribution in [3.05, 3.63) is 31.9 Å². The Morgan fingerprint density at radius 1 is 1.00 bits per heavy atom. The van der Waals surface area contributed by atoms with Crippen molar-refractivity contribution < 1.29 is 0 Å². The van der Waals surface area contributed by atoms with Gasteiger partial charge in [0.15, 0.2) is 0 Å². The molecule has 0 aliphatic carbocycles. The SMILES string of the molecule is Cc1c(I)cc(C(C)C)c(C)c1C. The highest BCUT2D eigenvalue weighted by molar-refractivity contribution is 14.1. The van der Waals surface area contributed by atoms with Gasteiger partial charge in [0.05, 0.1) is 0 Å². The number of rotatable bonds is 1. The molecular weight excluding hydrogens is 271 g/mol. The highest BCUT2D eigenvalue weighted by Gasteiger charge is 2.09. The minimum absolute atomic E-state index is 0.632. The van der Waals surface area contributed by atoms with Crippen molar-refractivity contribution >= 4 is 22.6 Å². The molecule has 0 N–H and O–H groups in total. The molecular formula is C12H17I. The smallest absolute Gasteiger partial charge is 0.0165 e. The summed E-state index contributed by atoms with van der Waals surface area (Å²) >= 11 is 2.43. The topological polar surface area (TPSA) is 0 Å². The second kappa shape index (κ2) is 3.99. The molecule has 0 aliphatic rings. The summed E-state index contributed by atoms with van der Waals surface area (Å²) in [4.78, 5) is 0. The van der Waals surface area contributed by atoms with Crippen molar-refractivity contribution in [2.45, 2.75) is 40.5 Å². The van der Waals surface area contributed by atoms with E-state index >= 15 is 0 Å². The Balaban J connectivity index is 3.41. The lowest BCUT2D eigenvalue weighted by atomic mass is 9.92. The zero-order chi connectivity index (χ0) is 10.2. The molecule has 0 bridgehead atoms. The van der Waals surface area contributed by atoms with Crippen LogP contribution < -0.4 is 0 Å². The lowest BCUT2D eigenvalue weighted by Gasteiger charge is -2.15. The highest BCUT2D eigenvalue weighted by Crippen LogP contribution is 2.27. The summed E-state index contributed by atoms with van der Waals surface area (Å²) in [6, 6.07) is 2.32. The van der Waals surface area contributed by atoms with E-state index in [-0.39, 0.29) is 0 Å². The van der Waals surface area contributed by atoms with Crippen LogP contribution in [-0.2, 0) is 0 Å². The molecule has 0 aromatic heterocycles. The molecule has 1 aromatic rings. The number of hydrogen-bond acceptors (Lipinski definition) is 0. The van der Waals surface area contributed by atoms with E-state index in [1.54, 1.807) is 0 Å². The lowest BCUT2D eigenvalue weighted by Crippen LogP contribution is -1.99. The molecule has 0 fully saturated rings. The first-order valence-electron chi connectivity index (χ1n) is 4.71. The van der Waals surface area contributed by atoms with E-state index < -0.39 is 0 Å². The van der Waals surface area contributed by atoms with Gasteiger partial charge in [-0.3, -0.25) is 0 Å². The van der Waals surface area contributed by atoms with Gasteiger partial charge in [-0.15, -0.1) is 0 Å².